The number of carboxylic acids is 1. The van der Waals surface area contributed by atoms with Crippen molar-refractivity contribution in [2.75, 3.05) is 0 Å². The van der Waals surface area contributed by atoms with Crippen molar-refractivity contribution in [1.82, 2.24) is 0 Å². The molecule has 6 heavy (non-hydrogen) atoms. The standard InChI is InChI=1S/C3H2O2.Zn/c1-2-3(4)5;/h1H,(H,4,5);. The average molecular weight is 135 g/mol. The number of carbonyl (C=O) groups is 1. The van der Waals surface area contributed by atoms with Crippen molar-refractivity contribution in [2.45, 2.75) is 0 Å². The van der Waals surface area contributed by atoms with Crippen molar-refractivity contribution < 1.29 is 29.4 Å². The second-order valence-electron chi connectivity index (χ2n) is 0.449. The summed E-state index contributed by atoms with van der Waals surface area (Å²) in [5.41, 5.74) is 0. The van der Waals surface area contributed by atoms with Gasteiger partial charge in [-0.05, 0) is 0 Å². The first kappa shape index (κ1) is 9.17. The molecule has 2 nitrogen and oxygen atoms in total. The van der Waals surface area contributed by atoms with Crippen molar-refractivity contribution in [3.8, 4) is 12.3 Å². The molecule has 0 rings (SSSR count). The molecule has 0 aliphatic carbocycles. The molecule has 0 amide bonds. The smallest absolute Gasteiger partial charge is 0.381 e. The monoisotopic (exact) mass is 134 g/mol. The van der Waals surface area contributed by atoms with Crippen LogP contribution < -0.4 is 0 Å². The van der Waals surface area contributed by atoms with Gasteiger partial charge in [0.25, 0.3) is 0 Å². The number of terminal acetylenes is 1. The molecule has 1 N–H and O–H groups in total. The summed E-state index contributed by atoms with van der Waals surface area (Å²) < 4.78 is 0. The molecule has 28 valence electrons. The Labute approximate surface area is 48.3 Å². The van der Waals surface area contributed by atoms with Crippen LogP contribution in [0, 0.1) is 12.3 Å². The minimum Gasteiger partial charge on any atom is -0.472 e. The van der Waals surface area contributed by atoms with Crippen molar-refractivity contribution in [3.05, 3.63) is 0 Å². The first-order chi connectivity index (χ1) is 2.27. The first-order valence-corrected chi connectivity index (χ1v) is 0.966. The topological polar surface area (TPSA) is 37.3 Å². The van der Waals surface area contributed by atoms with E-state index in [9.17, 15) is 0 Å². The maximum Gasteiger partial charge on any atom is 0.381 e. The molecule has 0 aliphatic rings. The first-order valence-electron chi connectivity index (χ1n) is 0.966. The molecule has 0 bridgehead atoms. The number of hydrogen-bond donors (Lipinski definition) is 1. The summed E-state index contributed by atoms with van der Waals surface area (Å²) in [5, 5.41) is 7.49. The zero-order valence-corrected chi connectivity index (χ0v) is 6.11. The van der Waals surface area contributed by atoms with Gasteiger partial charge in [0.2, 0.25) is 0 Å². The van der Waals surface area contributed by atoms with Crippen LogP contribution in [0.3, 0.4) is 0 Å². The predicted molar refractivity (Wildman–Crippen MR) is 16.5 cm³/mol. The second kappa shape index (κ2) is 4.65. The SMILES string of the molecule is C#CC(=O)O.[Zn]. The van der Waals surface area contributed by atoms with Crippen LogP contribution in [0.2, 0.25) is 0 Å². The predicted octanol–water partition coefficient (Wildman–Crippen LogP) is -0.298. The van der Waals surface area contributed by atoms with E-state index in [0.717, 1.165) is 0 Å². The van der Waals surface area contributed by atoms with E-state index in [4.69, 9.17) is 9.90 Å². The third-order valence-corrected chi connectivity index (χ3v) is 0.123. The molecule has 0 atom stereocenters. The van der Waals surface area contributed by atoms with E-state index in [1.807, 2.05) is 0 Å². The number of hydrogen-bond acceptors (Lipinski definition) is 1. The zero-order valence-electron chi connectivity index (χ0n) is 3.14. The van der Waals surface area contributed by atoms with E-state index < -0.39 is 5.97 Å². The molecule has 0 saturated heterocycles. The van der Waals surface area contributed by atoms with Crippen LogP contribution in [-0.4, -0.2) is 11.1 Å². The van der Waals surface area contributed by atoms with Gasteiger partial charge in [0.15, 0.2) is 0 Å². The van der Waals surface area contributed by atoms with E-state index in [2.05, 4.69) is 6.42 Å². The molecule has 0 spiro atoms. The van der Waals surface area contributed by atoms with Gasteiger partial charge in [-0.2, -0.15) is 0 Å². The molecule has 0 aromatic rings. The molecule has 0 radical (unpaired) electrons. The Morgan fingerprint density at radius 2 is 2.00 bits per heavy atom. The molecular weight excluding hydrogens is 133 g/mol. The van der Waals surface area contributed by atoms with Gasteiger partial charge in [0.05, 0.1) is 0 Å². The maximum atomic E-state index is 9.13. The van der Waals surface area contributed by atoms with Crippen LogP contribution in [0.25, 0.3) is 0 Å². The van der Waals surface area contributed by atoms with Crippen molar-refractivity contribution in [2.24, 2.45) is 0 Å². The third kappa shape index (κ3) is 9.41. The molecule has 0 fully saturated rings. The molecule has 0 aromatic heterocycles. The quantitative estimate of drug-likeness (QED) is 0.366. The zero-order chi connectivity index (χ0) is 4.28. The number of rotatable bonds is 0. The fourth-order valence-electron chi connectivity index (χ4n) is 0. The molecule has 0 aromatic carbocycles. The summed E-state index contributed by atoms with van der Waals surface area (Å²) in [6.07, 6.45) is 4.32. The van der Waals surface area contributed by atoms with Crippen LogP contribution in [0.5, 0.6) is 0 Å². The van der Waals surface area contributed by atoms with Crippen molar-refractivity contribution in [3.63, 3.8) is 0 Å². The van der Waals surface area contributed by atoms with Gasteiger partial charge in [0, 0.05) is 25.4 Å². The minimum absolute atomic E-state index is 0. The maximum absolute atomic E-state index is 9.13. The van der Waals surface area contributed by atoms with Crippen LogP contribution >= 0.6 is 0 Å². The second-order valence-corrected chi connectivity index (χ2v) is 0.449. The molecular formula is C3H2O2Zn. The van der Waals surface area contributed by atoms with E-state index in [1.54, 1.807) is 0 Å². The number of aliphatic carboxylic acids is 1. The largest absolute Gasteiger partial charge is 0.472 e. The Morgan fingerprint density at radius 3 is 2.00 bits per heavy atom. The van der Waals surface area contributed by atoms with Gasteiger partial charge in [-0.15, -0.1) is 6.42 Å². The Bertz CT molecular complexity index is 81.3. The van der Waals surface area contributed by atoms with Gasteiger partial charge in [0.1, 0.15) is 0 Å². The molecule has 0 heterocycles. The Kier molecular flexibility index (Phi) is 7.11. The van der Waals surface area contributed by atoms with Gasteiger partial charge in [-0.25, -0.2) is 4.79 Å². The summed E-state index contributed by atoms with van der Waals surface area (Å²) in [6.45, 7) is 0. The van der Waals surface area contributed by atoms with Gasteiger partial charge in [-0.1, -0.05) is 0 Å². The Balaban J connectivity index is 0. The van der Waals surface area contributed by atoms with Crippen molar-refractivity contribution >= 4 is 5.97 Å². The van der Waals surface area contributed by atoms with E-state index in [-0.39, 0.29) is 19.5 Å². The molecule has 0 saturated carbocycles. The summed E-state index contributed by atoms with van der Waals surface area (Å²) in [4.78, 5) is 9.13. The van der Waals surface area contributed by atoms with E-state index in [0.29, 0.717) is 0 Å². The van der Waals surface area contributed by atoms with Crippen molar-refractivity contribution in [1.29, 1.82) is 0 Å². The minimum atomic E-state index is -1.22. The fourth-order valence-corrected chi connectivity index (χ4v) is 0. The average Bonchev–Trinajstić information content (AvgIpc) is 1.38. The molecule has 3 heteroatoms. The van der Waals surface area contributed by atoms with E-state index in [1.165, 1.54) is 5.92 Å². The summed E-state index contributed by atoms with van der Waals surface area (Å²) in [6, 6.07) is 0. The summed E-state index contributed by atoms with van der Waals surface area (Å²) >= 11 is 0. The van der Waals surface area contributed by atoms with Crippen LogP contribution in [-0.2, 0) is 24.3 Å². The molecule has 0 aliphatic heterocycles. The third-order valence-electron chi connectivity index (χ3n) is 0.123. The molecule has 0 unspecified atom stereocenters. The fraction of sp³-hybridized carbons (Fsp3) is 0. The van der Waals surface area contributed by atoms with Gasteiger partial charge < -0.3 is 5.11 Å². The van der Waals surface area contributed by atoms with Crippen LogP contribution in [0.1, 0.15) is 0 Å². The normalized spacial score (nSPS) is 4.50. The summed E-state index contributed by atoms with van der Waals surface area (Å²) in [5.74, 6) is 0.227. The summed E-state index contributed by atoms with van der Waals surface area (Å²) in [7, 11) is 0. The van der Waals surface area contributed by atoms with Crippen LogP contribution in [0.4, 0.5) is 0 Å². The number of carboxylic acid groups (broad SMARTS) is 1. The Hall–Kier alpha value is -0.347. The van der Waals surface area contributed by atoms with E-state index >= 15 is 0 Å². The van der Waals surface area contributed by atoms with Crippen LogP contribution in [0.15, 0.2) is 0 Å². The van der Waals surface area contributed by atoms with Gasteiger partial charge in [-0.3, -0.25) is 0 Å². The Morgan fingerprint density at radius 1 is 1.83 bits per heavy atom. The van der Waals surface area contributed by atoms with Gasteiger partial charge >= 0.3 is 5.97 Å².